The minimum absolute atomic E-state index is 0.0341. The lowest BCUT2D eigenvalue weighted by Crippen LogP contribution is -2.52. The van der Waals surface area contributed by atoms with Gasteiger partial charge in [0.25, 0.3) is 10.0 Å². The van der Waals surface area contributed by atoms with Gasteiger partial charge in [0.1, 0.15) is 24.2 Å². The van der Waals surface area contributed by atoms with Crippen LogP contribution in [0.15, 0.2) is 71.6 Å². The summed E-state index contributed by atoms with van der Waals surface area (Å²) in [6.45, 7) is 3.39. The Balaban J connectivity index is 2.06. The molecule has 0 aromatic heterocycles. The van der Waals surface area contributed by atoms with E-state index in [2.05, 4.69) is 5.32 Å². The number of halogens is 3. The molecular weight excluding hydrogens is 592 g/mol. The summed E-state index contributed by atoms with van der Waals surface area (Å²) in [6, 6.07) is 14.4. The Hall–Kier alpha value is -3.34. The van der Waals surface area contributed by atoms with Gasteiger partial charge in [-0.25, -0.2) is 12.8 Å². The fourth-order valence-electron chi connectivity index (χ4n) is 4.13. The van der Waals surface area contributed by atoms with Crippen molar-refractivity contribution in [3.05, 3.63) is 88.2 Å². The van der Waals surface area contributed by atoms with E-state index in [-0.39, 0.29) is 34.5 Å². The second-order valence-electron chi connectivity index (χ2n) is 9.15. The molecular formula is C29H32Cl2FN3O5S. The molecule has 3 aromatic rings. The van der Waals surface area contributed by atoms with Crippen LogP contribution in [0.3, 0.4) is 0 Å². The van der Waals surface area contributed by atoms with Crippen molar-refractivity contribution in [2.75, 3.05) is 24.5 Å². The van der Waals surface area contributed by atoms with Crippen LogP contribution in [0.25, 0.3) is 0 Å². The molecule has 0 radical (unpaired) electrons. The van der Waals surface area contributed by atoms with Crippen LogP contribution in [0.4, 0.5) is 10.1 Å². The number of nitrogens with one attached hydrogen (secondary N) is 1. The van der Waals surface area contributed by atoms with E-state index in [9.17, 15) is 22.4 Å². The van der Waals surface area contributed by atoms with E-state index in [0.29, 0.717) is 29.3 Å². The van der Waals surface area contributed by atoms with Gasteiger partial charge in [-0.3, -0.25) is 13.9 Å². The standard InChI is InChI=1S/C29H32Cl2FN3O5S/c1-4-16-33-29(37)27(5-2)34(18-20-6-15-25(30)26(31)17-20)28(36)19-35(22-9-7-21(32)8-10-22)41(38,39)24-13-11-23(40-3)12-14-24/h6-15,17,27H,4-5,16,18-19H2,1-3H3,(H,33,37)/t27-/m0/s1. The van der Waals surface area contributed by atoms with Crippen LogP contribution in [-0.4, -0.2) is 51.4 Å². The van der Waals surface area contributed by atoms with Crippen molar-refractivity contribution in [3.63, 3.8) is 0 Å². The average Bonchev–Trinajstić information content (AvgIpc) is 2.96. The van der Waals surface area contributed by atoms with Crippen LogP contribution in [0, 0.1) is 5.82 Å². The third-order valence-corrected chi connectivity index (χ3v) is 8.84. The van der Waals surface area contributed by atoms with Crippen molar-refractivity contribution in [1.82, 2.24) is 10.2 Å². The smallest absolute Gasteiger partial charge is 0.264 e. The molecule has 0 aliphatic carbocycles. The zero-order valence-corrected chi connectivity index (χ0v) is 25.3. The molecule has 2 amide bonds. The van der Waals surface area contributed by atoms with Crippen LogP contribution < -0.4 is 14.4 Å². The molecule has 0 spiro atoms. The Kier molecular flexibility index (Phi) is 11.4. The molecule has 3 rings (SSSR count). The lowest BCUT2D eigenvalue weighted by Gasteiger charge is -2.33. The molecule has 0 aliphatic heterocycles. The van der Waals surface area contributed by atoms with E-state index in [1.807, 2.05) is 6.92 Å². The number of carbonyl (C=O) groups excluding carboxylic acids is 2. The predicted molar refractivity (Wildman–Crippen MR) is 158 cm³/mol. The molecule has 0 fully saturated rings. The molecule has 220 valence electrons. The summed E-state index contributed by atoms with van der Waals surface area (Å²) in [5.41, 5.74) is 0.675. The second kappa shape index (κ2) is 14.5. The molecule has 0 aliphatic rings. The quantitative estimate of drug-likeness (QED) is 0.265. The number of anilines is 1. The first-order valence-electron chi connectivity index (χ1n) is 12.9. The number of nitrogens with zero attached hydrogens (tertiary/aromatic N) is 2. The van der Waals surface area contributed by atoms with Gasteiger partial charge in [0.2, 0.25) is 11.8 Å². The largest absolute Gasteiger partial charge is 0.497 e. The molecule has 0 saturated heterocycles. The number of hydrogen-bond donors (Lipinski definition) is 1. The van der Waals surface area contributed by atoms with Gasteiger partial charge < -0.3 is 15.0 Å². The maximum atomic E-state index is 14.0. The summed E-state index contributed by atoms with van der Waals surface area (Å²) >= 11 is 12.3. The van der Waals surface area contributed by atoms with Crippen LogP contribution in [0.2, 0.25) is 10.0 Å². The highest BCUT2D eigenvalue weighted by Crippen LogP contribution is 2.27. The zero-order chi connectivity index (χ0) is 30.2. The zero-order valence-electron chi connectivity index (χ0n) is 22.9. The molecule has 41 heavy (non-hydrogen) atoms. The highest BCUT2D eigenvalue weighted by molar-refractivity contribution is 7.92. The Morgan fingerprint density at radius 3 is 2.20 bits per heavy atom. The summed E-state index contributed by atoms with van der Waals surface area (Å²) in [7, 11) is -2.85. The Labute approximate surface area is 250 Å². The van der Waals surface area contributed by atoms with E-state index < -0.39 is 34.3 Å². The summed E-state index contributed by atoms with van der Waals surface area (Å²) < 4.78 is 47.5. The van der Waals surface area contributed by atoms with Crippen LogP contribution in [0.1, 0.15) is 32.3 Å². The third kappa shape index (κ3) is 8.12. The first kappa shape index (κ1) is 32.2. The first-order chi connectivity index (χ1) is 19.5. The van der Waals surface area contributed by atoms with E-state index in [0.717, 1.165) is 16.4 Å². The van der Waals surface area contributed by atoms with E-state index >= 15 is 0 Å². The van der Waals surface area contributed by atoms with Gasteiger partial charge in [-0.2, -0.15) is 0 Å². The van der Waals surface area contributed by atoms with Gasteiger partial charge >= 0.3 is 0 Å². The van der Waals surface area contributed by atoms with E-state index in [4.69, 9.17) is 27.9 Å². The fraction of sp³-hybridized carbons (Fsp3) is 0.310. The third-order valence-electron chi connectivity index (χ3n) is 6.31. The summed E-state index contributed by atoms with van der Waals surface area (Å²) in [4.78, 5) is 28.3. The van der Waals surface area contributed by atoms with Crippen LogP contribution in [0.5, 0.6) is 5.75 Å². The lowest BCUT2D eigenvalue weighted by molar-refractivity contribution is -0.140. The maximum absolute atomic E-state index is 14.0. The number of hydrogen-bond acceptors (Lipinski definition) is 5. The fourth-order valence-corrected chi connectivity index (χ4v) is 5.87. The number of methoxy groups -OCH3 is 1. The lowest BCUT2D eigenvalue weighted by atomic mass is 10.1. The molecule has 0 saturated carbocycles. The molecule has 0 bridgehead atoms. The van der Waals surface area contributed by atoms with Crippen molar-refractivity contribution in [1.29, 1.82) is 0 Å². The first-order valence-corrected chi connectivity index (χ1v) is 15.1. The minimum Gasteiger partial charge on any atom is -0.497 e. The molecule has 12 heteroatoms. The summed E-state index contributed by atoms with van der Waals surface area (Å²) in [5, 5.41) is 3.42. The predicted octanol–water partition coefficient (Wildman–Crippen LogP) is 5.67. The van der Waals surface area contributed by atoms with E-state index in [1.54, 1.807) is 25.1 Å². The number of sulfonamides is 1. The van der Waals surface area contributed by atoms with E-state index in [1.165, 1.54) is 48.4 Å². The molecule has 1 atom stereocenters. The highest BCUT2D eigenvalue weighted by Gasteiger charge is 2.33. The second-order valence-corrected chi connectivity index (χ2v) is 11.8. The van der Waals surface area contributed by atoms with Gasteiger partial charge in [-0.05, 0) is 79.1 Å². The number of carbonyl (C=O) groups is 2. The minimum atomic E-state index is -4.30. The van der Waals surface area contributed by atoms with Crippen molar-refractivity contribution < 1.29 is 27.1 Å². The molecule has 3 aromatic carbocycles. The molecule has 1 N–H and O–H groups in total. The number of ether oxygens (including phenoxy) is 1. The van der Waals surface area contributed by atoms with Crippen molar-refractivity contribution in [2.45, 2.75) is 44.2 Å². The van der Waals surface area contributed by atoms with Gasteiger partial charge in [0, 0.05) is 13.1 Å². The monoisotopic (exact) mass is 623 g/mol. The summed E-state index contributed by atoms with van der Waals surface area (Å²) in [5.74, 6) is -1.13. The normalized spacial score (nSPS) is 12.0. The molecule has 8 nitrogen and oxygen atoms in total. The van der Waals surface area contributed by atoms with Gasteiger partial charge in [-0.1, -0.05) is 43.1 Å². The Morgan fingerprint density at radius 2 is 1.63 bits per heavy atom. The van der Waals surface area contributed by atoms with Gasteiger partial charge in [-0.15, -0.1) is 0 Å². The van der Waals surface area contributed by atoms with Crippen molar-refractivity contribution >= 4 is 50.7 Å². The molecule has 0 heterocycles. The highest BCUT2D eigenvalue weighted by atomic mass is 35.5. The SMILES string of the molecule is CCCNC(=O)[C@H](CC)N(Cc1ccc(Cl)c(Cl)c1)C(=O)CN(c1ccc(F)cc1)S(=O)(=O)c1ccc(OC)cc1. The average molecular weight is 625 g/mol. The van der Waals surface area contributed by atoms with Crippen molar-refractivity contribution in [2.24, 2.45) is 0 Å². The summed E-state index contributed by atoms with van der Waals surface area (Å²) in [6.07, 6.45) is 0.964. The molecule has 0 unspecified atom stereocenters. The van der Waals surface area contributed by atoms with Crippen molar-refractivity contribution in [3.8, 4) is 5.75 Å². The van der Waals surface area contributed by atoms with Gasteiger partial charge in [0.05, 0.1) is 27.7 Å². The number of benzene rings is 3. The van der Waals surface area contributed by atoms with Crippen LogP contribution >= 0.6 is 23.2 Å². The van der Waals surface area contributed by atoms with Crippen LogP contribution in [-0.2, 0) is 26.2 Å². The Bertz CT molecular complexity index is 1450. The van der Waals surface area contributed by atoms with Gasteiger partial charge in [0.15, 0.2) is 0 Å². The maximum Gasteiger partial charge on any atom is 0.264 e. The number of rotatable bonds is 13. The Morgan fingerprint density at radius 1 is 0.976 bits per heavy atom. The number of amides is 2. The topological polar surface area (TPSA) is 96.0 Å².